The van der Waals surface area contributed by atoms with E-state index >= 15 is 0 Å². The van der Waals surface area contributed by atoms with Gasteiger partial charge in [-0.05, 0) is 36.8 Å². The number of aromatic amines is 1. The molecule has 1 aliphatic heterocycles. The van der Waals surface area contributed by atoms with Gasteiger partial charge in [-0.3, -0.25) is 19.8 Å². The third-order valence-corrected chi connectivity index (χ3v) is 5.12. The molecule has 1 fully saturated rings. The number of pyridine rings is 1. The first-order valence-electron chi connectivity index (χ1n) is 9.10. The van der Waals surface area contributed by atoms with Gasteiger partial charge in [-0.1, -0.05) is 6.07 Å². The number of fused-ring (bicyclic) bond motifs is 1. The molecule has 0 saturated carbocycles. The van der Waals surface area contributed by atoms with Crippen molar-refractivity contribution in [3.8, 4) is 5.75 Å². The number of rotatable bonds is 4. The number of ether oxygens (including phenoxy) is 1. The van der Waals surface area contributed by atoms with Crippen molar-refractivity contribution in [1.29, 1.82) is 0 Å². The van der Waals surface area contributed by atoms with E-state index in [0.29, 0.717) is 24.5 Å². The zero-order chi connectivity index (χ0) is 18.8. The fraction of sp³-hybridized carbons (Fsp3) is 0.350. The van der Waals surface area contributed by atoms with Gasteiger partial charge < -0.3 is 9.64 Å². The highest BCUT2D eigenvalue weighted by Gasteiger charge is 2.25. The van der Waals surface area contributed by atoms with Crippen LogP contribution in [-0.4, -0.2) is 64.2 Å². The molecule has 7 nitrogen and oxygen atoms in total. The van der Waals surface area contributed by atoms with E-state index in [1.807, 2.05) is 35.4 Å². The minimum atomic E-state index is -0.0387. The van der Waals surface area contributed by atoms with Gasteiger partial charge in [0.25, 0.3) is 5.91 Å². The Kier molecular flexibility index (Phi) is 4.77. The number of aromatic nitrogens is 3. The summed E-state index contributed by atoms with van der Waals surface area (Å²) in [6.45, 7) is 5.92. The first-order chi connectivity index (χ1) is 13.2. The minimum absolute atomic E-state index is 0.0387. The Morgan fingerprint density at radius 3 is 2.78 bits per heavy atom. The number of piperazine rings is 1. The Bertz CT molecular complexity index is 960. The quantitative estimate of drug-likeness (QED) is 0.767. The molecule has 3 aromatic rings. The number of carbonyl (C=O) groups is 1. The number of H-pyrrole nitrogens is 1. The molecule has 1 aliphatic rings. The smallest absolute Gasteiger partial charge is 0.275 e. The van der Waals surface area contributed by atoms with Crippen LogP contribution in [0.1, 0.15) is 21.7 Å². The SMILES string of the molecule is COc1ccc2[nH]nc(C(=O)N3CCN(Cc4ncccc4C)CC3)c2c1. The molecule has 140 valence electrons. The predicted octanol–water partition coefficient (Wildman–Crippen LogP) is 2.23. The van der Waals surface area contributed by atoms with E-state index in [9.17, 15) is 4.79 Å². The highest BCUT2D eigenvalue weighted by molar-refractivity contribution is 6.05. The van der Waals surface area contributed by atoms with Gasteiger partial charge in [0.05, 0.1) is 18.3 Å². The lowest BCUT2D eigenvalue weighted by Gasteiger charge is -2.34. The third-order valence-electron chi connectivity index (χ3n) is 5.12. The van der Waals surface area contributed by atoms with Crippen molar-refractivity contribution in [3.63, 3.8) is 0 Å². The number of hydrogen-bond acceptors (Lipinski definition) is 5. The maximum Gasteiger partial charge on any atom is 0.275 e. The summed E-state index contributed by atoms with van der Waals surface area (Å²) in [6.07, 6.45) is 1.83. The van der Waals surface area contributed by atoms with Crippen LogP contribution in [0.3, 0.4) is 0 Å². The maximum atomic E-state index is 13.0. The first kappa shape index (κ1) is 17.5. The van der Waals surface area contributed by atoms with Crippen LogP contribution < -0.4 is 4.74 Å². The van der Waals surface area contributed by atoms with Crippen molar-refractivity contribution in [3.05, 3.63) is 53.5 Å². The van der Waals surface area contributed by atoms with E-state index in [1.54, 1.807) is 7.11 Å². The van der Waals surface area contributed by atoms with E-state index in [-0.39, 0.29) is 5.91 Å². The lowest BCUT2D eigenvalue weighted by atomic mass is 10.1. The zero-order valence-corrected chi connectivity index (χ0v) is 15.6. The second-order valence-corrected chi connectivity index (χ2v) is 6.82. The molecule has 1 saturated heterocycles. The van der Waals surface area contributed by atoms with Gasteiger partial charge in [0.15, 0.2) is 5.69 Å². The van der Waals surface area contributed by atoms with Crippen molar-refractivity contribution < 1.29 is 9.53 Å². The lowest BCUT2D eigenvalue weighted by molar-refractivity contribution is 0.0623. The molecule has 2 aromatic heterocycles. The van der Waals surface area contributed by atoms with E-state index in [2.05, 4.69) is 33.1 Å². The van der Waals surface area contributed by atoms with Crippen LogP contribution in [0.2, 0.25) is 0 Å². The molecular formula is C20H23N5O2. The lowest BCUT2D eigenvalue weighted by Crippen LogP contribution is -2.48. The molecule has 0 radical (unpaired) electrons. The van der Waals surface area contributed by atoms with Crippen LogP contribution in [0.25, 0.3) is 10.9 Å². The molecular weight excluding hydrogens is 342 g/mol. The van der Waals surface area contributed by atoms with Crippen LogP contribution in [0.4, 0.5) is 0 Å². The monoisotopic (exact) mass is 365 g/mol. The molecule has 1 N–H and O–H groups in total. The van der Waals surface area contributed by atoms with Crippen LogP contribution in [0.15, 0.2) is 36.5 Å². The highest BCUT2D eigenvalue weighted by atomic mass is 16.5. The Hall–Kier alpha value is -2.93. The zero-order valence-electron chi connectivity index (χ0n) is 15.6. The van der Waals surface area contributed by atoms with Gasteiger partial charge in [-0.2, -0.15) is 5.10 Å². The average molecular weight is 365 g/mol. The largest absolute Gasteiger partial charge is 0.497 e. The number of methoxy groups -OCH3 is 1. The van der Waals surface area contributed by atoms with Crippen molar-refractivity contribution in [2.75, 3.05) is 33.3 Å². The Morgan fingerprint density at radius 2 is 2.04 bits per heavy atom. The Balaban J connectivity index is 1.44. The van der Waals surface area contributed by atoms with Crippen LogP contribution in [-0.2, 0) is 6.54 Å². The van der Waals surface area contributed by atoms with Gasteiger partial charge in [0.1, 0.15) is 5.75 Å². The molecule has 7 heteroatoms. The van der Waals surface area contributed by atoms with E-state index in [0.717, 1.165) is 36.2 Å². The second kappa shape index (κ2) is 7.36. The Labute approximate surface area is 157 Å². The predicted molar refractivity (Wildman–Crippen MR) is 103 cm³/mol. The molecule has 3 heterocycles. The van der Waals surface area contributed by atoms with Crippen molar-refractivity contribution in [2.24, 2.45) is 0 Å². The van der Waals surface area contributed by atoms with Gasteiger partial charge in [0.2, 0.25) is 0 Å². The number of amides is 1. The summed E-state index contributed by atoms with van der Waals surface area (Å²) in [5.41, 5.74) is 3.59. The molecule has 27 heavy (non-hydrogen) atoms. The fourth-order valence-corrected chi connectivity index (χ4v) is 3.44. The third kappa shape index (κ3) is 3.50. The number of benzene rings is 1. The summed E-state index contributed by atoms with van der Waals surface area (Å²) in [7, 11) is 1.62. The van der Waals surface area contributed by atoms with Gasteiger partial charge in [-0.15, -0.1) is 0 Å². The summed E-state index contributed by atoms with van der Waals surface area (Å²) in [5, 5.41) is 7.98. The second-order valence-electron chi connectivity index (χ2n) is 6.82. The van der Waals surface area contributed by atoms with Crippen molar-refractivity contribution in [1.82, 2.24) is 25.0 Å². The maximum absolute atomic E-state index is 13.0. The molecule has 1 amide bonds. The van der Waals surface area contributed by atoms with E-state index in [1.165, 1.54) is 5.56 Å². The summed E-state index contributed by atoms with van der Waals surface area (Å²) in [5.74, 6) is 0.677. The number of nitrogens with zero attached hydrogens (tertiary/aromatic N) is 4. The summed E-state index contributed by atoms with van der Waals surface area (Å²) < 4.78 is 5.27. The molecule has 0 bridgehead atoms. The molecule has 0 atom stereocenters. The number of nitrogens with one attached hydrogen (secondary N) is 1. The Morgan fingerprint density at radius 1 is 1.22 bits per heavy atom. The average Bonchev–Trinajstić information content (AvgIpc) is 3.13. The van der Waals surface area contributed by atoms with Gasteiger partial charge in [-0.25, -0.2) is 0 Å². The number of carbonyl (C=O) groups excluding carboxylic acids is 1. The van der Waals surface area contributed by atoms with E-state index in [4.69, 9.17) is 4.74 Å². The summed E-state index contributed by atoms with van der Waals surface area (Å²) in [6, 6.07) is 9.63. The topological polar surface area (TPSA) is 74.3 Å². The minimum Gasteiger partial charge on any atom is -0.497 e. The molecule has 0 unspecified atom stereocenters. The standard InChI is InChI=1S/C20H23N5O2/c1-14-4-3-7-21-18(14)13-24-8-10-25(11-9-24)20(26)19-16-12-15(27-2)5-6-17(16)22-23-19/h3-7,12H,8-11,13H2,1-2H3,(H,22,23). The number of hydrogen-bond donors (Lipinski definition) is 1. The van der Waals surface area contributed by atoms with Gasteiger partial charge in [0, 0.05) is 44.3 Å². The normalized spacial score (nSPS) is 15.3. The molecule has 0 spiro atoms. The van der Waals surface area contributed by atoms with Crippen LogP contribution >= 0.6 is 0 Å². The van der Waals surface area contributed by atoms with Crippen LogP contribution in [0.5, 0.6) is 5.75 Å². The first-order valence-corrected chi connectivity index (χ1v) is 9.10. The van der Waals surface area contributed by atoms with E-state index < -0.39 is 0 Å². The highest BCUT2D eigenvalue weighted by Crippen LogP contribution is 2.23. The van der Waals surface area contributed by atoms with Crippen LogP contribution in [0, 0.1) is 6.92 Å². The van der Waals surface area contributed by atoms with Crippen molar-refractivity contribution >= 4 is 16.8 Å². The molecule has 1 aromatic carbocycles. The van der Waals surface area contributed by atoms with Gasteiger partial charge >= 0.3 is 0 Å². The van der Waals surface area contributed by atoms with Crippen molar-refractivity contribution in [2.45, 2.75) is 13.5 Å². The number of aryl methyl sites for hydroxylation is 1. The summed E-state index contributed by atoms with van der Waals surface area (Å²) in [4.78, 5) is 21.6. The molecule has 0 aliphatic carbocycles. The summed E-state index contributed by atoms with van der Waals surface area (Å²) >= 11 is 0. The fourth-order valence-electron chi connectivity index (χ4n) is 3.44. The molecule has 4 rings (SSSR count).